The van der Waals surface area contributed by atoms with Crippen LogP contribution >= 0.6 is 0 Å². The van der Waals surface area contributed by atoms with Crippen molar-refractivity contribution in [3.8, 4) is 0 Å². The van der Waals surface area contributed by atoms with Gasteiger partial charge in [-0.05, 0) is 64.6 Å². The van der Waals surface area contributed by atoms with E-state index in [4.69, 9.17) is 0 Å². The van der Waals surface area contributed by atoms with Crippen LogP contribution in [0.4, 0.5) is 0 Å². The summed E-state index contributed by atoms with van der Waals surface area (Å²) in [6.45, 7) is 30.5. The molecule has 10 atom stereocenters. The second-order valence-corrected chi connectivity index (χ2v) is 12.1. The molecule has 0 radical (unpaired) electrons. The molecule has 1 saturated carbocycles. The van der Waals surface area contributed by atoms with E-state index in [0.717, 1.165) is 59.2 Å². The zero-order valence-corrected chi connectivity index (χ0v) is 21.8. The average molecular weight is 393 g/mol. The second-order valence-electron chi connectivity index (χ2n) is 12.1. The SMILES string of the molecule is CC1CCCCCC(C)C(C)C(C)C(C)C(C)C(C)(C)C(C)C(C)C(C)C1C. The van der Waals surface area contributed by atoms with Crippen molar-refractivity contribution in [2.45, 2.75) is 115 Å². The van der Waals surface area contributed by atoms with Gasteiger partial charge in [-0.1, -0.05) is 115 Å². The van der Waals surface area contributed by atoms with Crippen molar-refractivity contribution < 1.29 is 0 Å². The van der Waals surface area contributed by atoms with E-state index in [1.54, 1.807) is 0 Å². The number of hydrogen-bond donors (Lipinski definition) is 0. The fraction of sp³-hybridized carbons (Fsp3) is 1.00. The highest BCUT2D eigenvalue weighted by molar-refractivity contribution is 4.90. The van der Waals surface area contributed by atoms with E-state index in [-0.39, 0.29) is 0 Å². The molecule has 10 unspecified atom stereocenters. The summed E-state index contributed by atoms with van der Waals surface area (Å²) >= 11 is 0. The quantitative estimate of drug-likeness (QED) is 0.385. The Morgan fingerprint density at radius 1 is 0.429 bits per heavy atom. The van der Waals surface area contributed by atoms with Crippen molar-refractivity contribution >= 4 is 0 Å². The summed E-state index contributed by atoms with van der Waals surface area (Å²) in [4.78, 5) is 0. The maximum atomic E-state index is 2.57. The molecule has 0 heteroatoms. The molecule has 0 aromatic carbocycles. The van der Waals surface area contributed by atoms with Crippen LogP contribution in [-0.2, 0) is 0 Å². The minimum atomic E-state index is 0.379. The minimum absolute atomic E-state index is 0.379. The van der Waals surface area contributed by atoms with Gasteiger partial charge in [-0.15, -0.1) is 0 Å². The highest BCUT2D eigenvalue weighted by Gasteiger charge is 2.42. The zero-order chi connectivity index (χ0) is 21.8. The first-order valence-corrected chi connectivity index (χ1v) is 12.8. The maximum absolute atomic E-state index is 2.57. The zero-order valence-electron chi connectivity index (χ0n) is 21.8. The molecule has 0 spiro atoms. The van der Waals surface area contributed by atoms with Crippen LogP contribution in [0.15, 0.2) is 0 Å². The summed E-state index contributed by atoms with van der Waals surface area (Å²) in [5.74, 6) is 8.03. The van der Waals surface area contributed by atoms with Crippen molar-refractivity contribution in [2.24, 2.45) is 64.6 Å². The predicted molar refractivity (Wildman–Crippen MR) is 129 cm³/mol. The van der Waals surface area contributed by atoms with Gasteiger partial charge in [0.25, 0.3) is 0 Å². The number of hydrogen-bond acceptors (Lipinski definition) is 0. The summed E-state index contributed by atoms with van der Waals surface area (Å²) in [6, 6.07) is 0. The van der Waals surface area contributed by atoms with Crippen LogP contribution in [0, 0.1) is 64.6 Å². The molecular weight excluding hydrogens is 336 g/mol. The predicted octanol–water partition coefficient (Wildman–Crippen LogP) is 9.34. The van der Waals surface area contributed by atoms with Crippen LogP contribution in [0.2, 0.25) is 0 Å². The lowest BCUT2D eigenvalue weighted by Crippen LogP contribution is -2.41. The Morgan fingerprint density at radius 3 is 1.07 bits per heavy atom. The Balaban J connectivity index is 3.14. The van der Waals surface area contributed by atoms with Gasteiger partial charge in [0.2, 0.25) is 0 Å². The summed E-state index contributed by atoms with van der Waals surface area (Å²) in [5.41, 5.74) is 0.379. The van der Waals surface area contributed by atoms with Gasteiger partial charge in [0.05, 0.1) is 0 Å². The summed E-state index contributed by atoms with van der Waals surface area (Å²) < 4.78 is 0. The molecule has 0 aliphatic heterocycles. The molecule has 0 heterocycles. The molecular formula is C28H56. The Hall–Kier alpha value is 0. The van der Waals surface area contributed by atoms with Gasteiger partial charge in [-0.2, -0.15) is 0 Å². The third-order valence-corrected chi connectivity index (χ3v) is 10.9. The lowest BCUT2D eigenvalue weighted by molar-refractivity contribution is 0.00693. The Kier molecular flexibility index (Phi) is 10.1. The van der Waals surface area contributed by atoms with Crippen LogP contribution in [0.25, 0.3) is 0 Å². The van der Waals surface area contributed by atoms with Crippen molar-refractivity contribution in [1.82, 2.24) is 0 Å². The molecule has 1 fully saturated rings. The molecule has 0 bridgehead atoms. The fourth-order valence-electron chi connectivity index (χ4n) is 6.31. The topological polar surface area (TPSA) is 0 Å². The highest BCUT2D eigenvalue weighted by Crippen LogP contribution is 2.48. The van der Waals surface area contributed by atoms with E-state index in [2.05, 4.69) is 83.1 Å². The lowest BCUT2D eigenvalue weighted by Gasteiger charge is -2.48. The van der Waals surface area contributed by atoms with E-state index in [9.17, 15) is 0 Å². The van der Waals surface area contributed by atoms with E-state index in [1.165, 1.54) is 32.1 Å². The van der Waals surface area contributed by atoms with E-state index >= 15 is 0 Å². The normalized spacial score (nSPS) is 47.6. The summed E-state index contributed by atoms with van der Waals surface area (Å²) in [5, 5.41) is 0. The van der Waals surface area contributed by atoms with Crippen molar-refractivity contribution in [2.75, 3.05) is 0 Å². The summed E-state index contributed by atoms with van der Waals surface area (Å²) in [6.07, 6.45) is 7.13. The van der Waals surface area contributed by atoms with E-state index in [0.29, 0.717) is 5.41 Å². The van der Waals surface area contributed by atoms with Crippen LogP contribution in [0.1, 0.15) is 115 Å². The van der Waals surface area contributed by atoms with Gasteiger partial charge in [-0.25, -0.2) is 0 Å². The highest BCUT2D eigenvalue weighted by atomic mass is 14.5. The minimum Gasteiger partial charge on any atom is -0.0622 e. The lowest BCUT2D eigenvalue weighted by atomic mass is 9.57. The molecule has 1 rings (SSSR count). The molecule has 168 valence electrons. The molecule has 0 aromatic heterocycles. The smallest absolute Gasteiger partial charge is 0.0298 e. The average Bonchev–Trinajstić information content (AvgIpc) is 2.67. The standard InChI is InChI=1S/C28H56/c1-18-16-14-13-15-17-19(2)21(4)23(6)25(8)27(10)28(11,12)26(9)24(7)22(5)20(18)3/h18-27H,13-17H2,1-12H3. The monoisotopic (exact) mass is 392 g/mol. The fourth-order valence-corrected chi connectivity index (χ4v) is 6.31. The van der Waals surface area contributed by atoms with Crippen LogP contribution in [0.5, 0.6) is 0 Å². The van der Waals surface area contributed by atoms with Gasteiger partial charge in [0.15, 0.2) is 0 Å². The first kappa shape index (κ1) is 26.0. The van der Waals surface area contributed by atoms with Crippen molar-refractivity contribution in [3.63, 3.8) is 0 Å². The largest absolute Gasteiger partial charge is 0.0622 e. The molecule has 0 aromatic rings. The van der Waals surface area contributed by atoms with E-state index in [1.807, 2.05) is 0 Å². The molecule has 1 aliphatic rings. The molecule has 0 nitrogen and oxygen atoms in total. The van der Waals surface area contributed by atoms with Crippen molar-refractivity contribution in [1.29, 1.82) is 0 Å². The van der Waals surface area contributed by atoms with Crippen LogP contribution in [0.3, 0.4) is 0 Å². The van der Waals surface area contributed by atoms with Crippen LogP contribution in [-0.4, -0.2) is 0 Å². The number of rotatable bonds is 0. The molecule has 0 amide bonds. The maximum Gasteiger partial charge on any atom is -0.0298 e. The van der Waals surface area contributed by atoms with Gasteiger partial charge in [-0.3, -0.25) is 0 Å². The van der Waals surface area contributed by atoms with E-state index < -0.39 is 0 Å². The second kappa shape index (κ2) is 10.9. The summed E-state index contributed by atoms with van der Waals surface area (Å²) in [7, 11) is 0. The van der Waals surface area contributed by atoms with Crippen LogP contribution < -0.4 is 0 Å². The Bertz CT molecular complexity index is 397. The molecule has 0 N–H and O–H groups in total. The van der Waals surface area contributed by atoms with Gasteiger partial charge in [0.1, 0.15) is 0 Å². The van der Waals surface area contributed by atoms with Gasteiger partial charge >= 0.3 is 0 Å². The van der Waals surface area contributed by atoms with Gasteiger partial charge < -0.3 is 0 Å². The molecule has 0 saturated heterocycles. The first-order chi connectivity index (χ1) is 12.8. The third-order valence-electron chi connectivity index (χ3n) is 10.9. The third kappa shape index (κ3) is 6.01. The molecule has 28 heavy (non-hydrogen) atoms. The molecule has 1 aliphatic carbocycles. The first-order valence-electron chi connectivity index (χ1n) is 12.8. The Morgan fingerprint density at radius 2 is 0.750 bits per heavy atom. The van der Waals surface area contributed by atoms with Gasteiger partial charge in [0, 0.05) is 0 Å². The Labute approximate surface area is 180 Å². The van der Waals surface area contributed by atoms with Crippen molar-refractivity contribution in [3.05, 3.63) is 0 Å².